The van der Waals surface area contributed by atoms with Crippen LogP contribution in [-0.2, 0) is 0 Å². The SMILES string of the molecule is c1ccc(-c2cc(-c3cccc(-c4cc(-c5cccc(-c6cc(-c7ccccc7)nc(-c7ccccc7-c7cccnc7)n6)c5)cc(-c5ccccn5)c4)c3)nc(-c3ccccc3)n2)cc1. The Morgan fingerprint density at radius 3 is 1.21 bits per heavy atom. The molecule has 0 radical (unpaired) electrons. The summed E-state index contributed by atoms with van der Waals surface area (Å²) in [5, 5.41) is 0. The molecule has 11 rings (SSSR count). The fourth-order valence-corrected chi connectivity index (χ4v) is 8.35. The van der Waals surface area contributed by atoms with E-state index >= 15 is 0 Å². The van der Waals surface area contributed by atoms with Gasteiger partial charge in [0, 0.05) is 63.1 Å². The van der Waals surface area contributed by atoms with Gasteiger partial charge in [0.15, 0.2) is 11.6 Å². The second-order valence-electron chi connectivity index (χ2n) is 16.0. The quantitative estimate of drug-likeness (QED) is 0.136. The first kappa shape index (κ1) is 39.8. The van der Waals surface area contributed by atoms with Crippen molar-refractivity contribution in [3.8, 4) is 112 Å². The van der Waals surface area contributed by atoms with Crippen molar-refractivity contribution in [2.45, 2.75) is 0 Å². The molecule has 0 saturated heterocycles. The molecule has 0 atom stereocenters. The van der Waals surface area contributed by atoms with E-state index in [-0.39, 0.29) is 0 Å². The molecular weight excluding hydrogens is 805 g/mol. The molecule has 0 bridgehead atoms. The number of benzene rings is 7. The van der Waals surface area contributed by atoms with Crippen molar-refractivity contribution in [2.24, 2.45) is 0 Å². The molecule has 4 aromatic heterocycles. The van der Waals surface area contributed by atoms with Crippen molar-refractivity contribution >= 4 is 0 Å². The second-order valence-corrected chi connectivity index (χ2v) is 16.0. The van der Waals surface area contributed by atoms with Crippen LogP contribution < -0.4 is 0 Å². The van der Waals surface area contributed by atoms with E-state index in [1.165, 1.54) is 0 Å². The van der Waals surface area contributed by atoms with E-state index in [0.717, 1.165) is 101 Å². The zero-order valence-corrected chi connectivity index (χ0v) is 35.8. The highest BCUT2D eigenvalue weighted by Crippen LogP contribution is 2.38. The predicted octanol–water partition coefficient (Wildman–Crippen LogP) is 14.7. The summed E-state index contributed by atoms with van der Waals surface area (Å²) in [6.07, 6.45) is 5.52. The Hall–Kier alpha value is -9.00. The summed E-state index contributed by atoms with van der Waals surface area (Å²) in [7, 11) is 0. The summed E-state index contributed by atoms with van der Waals surface area (Å²) in [6.45, 7) is 0. The van der Waals surface area contributed by atoms with Gasteiger partial charge in [0.05, 0.1) is 28.5 Å². The van der Waals surface area contributed by atoms with Gasteiger partial charge in [0.25, 0.3) is 0 Å². The highest BCUT2D eigenvalue weighted by molar-refractivity contribution is 5.86. The largest absolute Gasteiger partial charge is 0.264 e. The van der Waals surface area contributed by atoms with Crippen LogP contribution >= 0.6 is 0 Å². The maximum absolute atomic E-state index is 5.29. The third-order valence-corrected chi connectivity index (χ3v) is 11.6. The lowest BCUT2D eigenvalue weighted by Gasteiger charge is -2.14. The molecule has 0 aliphatic carbocycles. The number of nitrogens with zero attached hydrogens (tertiary/aromatic N) is 6. The fraction of sp³-hybridized carbons (Fsp3) is 0. The van der Waals surface area contributed by atoms with Crippen molar-refractivity contribution in [3.05, 3.63) is 243 Å². The van der Waals surface area contributed by atoms with E-state index < -0.39 is 0 Å². The average Bonchev–Trinajstić information content (AvgIpc) is 3.42. The molecule has 6 heteroatoms. The smallest absolute Gasteiger partial charge is 0.161 e. The summed E-state index contributed by atoms with van der Waals surface area (Å²) in [5.41, 5.74) is 17.5. The first-order valence-corrected chi connectivity index (χ1v) is 21.9. The van der Waals surface area contributed by atoms with Crippen LogP contribution in [0.15, 0.2) is 243 Å². The summed E-state index contributed by atoms with van der Waals surface area (Å²) >= 11 is 0. The van der Waals surface area contributed by atoms with Crippen LogP contribution in [0.5, 0.6) is 0 Å². The van der Waals surface area contributed by atoms with Crippen LogP contribution in [0.3, 0.4) is 0 Å². The molecule has 6 nitrogen and oxygen atoms in total. The van der Waals surface area contributed by atoms with Gasteiger partial charge in [-0.2, -0.15) is 0 Å². The number of pyridine rings is 2. The predicted molar refractivity (Wildman–Crippen MR) is 268 cm³/mol. The molecule has 0 saturated carbocycles. The number of aromatic nitrogens is 6. The van der Waals surface area contributed by atoms with Gasteiger partial charge < -0.3 is 0 Å². The van der Waals surface area contributed by atoms with Crippen LogP contribution in [-0.4, -0.2) is 29.9 Å². The van der Waals surface area contributed by atoms with E-state index in [0.29, 0.717) is 11.6 Å². The Bertz CT molecular complexity index is 3400. The monoisotopic (exact) mass is 844 g/mol. The summed E-state index contributed by atoms with van der Waals surface area (Å²) in [4.78, 5) is 29.8. The van der Waals surface area contributed by atoms with E-state index in [4.69, 9.17) is 24.9 Å². The molecule has 0 aliphatic heterocycles. The first-order valence-electron chi connectivity index (χ1n) is 21.9. The maximum atomic E-state index is 5.29. The highest BCUT2D eigenvalue weighted by atomic mass is 14.9. The van der Waals surface area contributed by atoms with Gasteiger partial charge in [-0.05, 0) is 88.5 Å². The molecule has 4 heterocycles. The first-order chi connectivity index (χ1) is 32.7. The molecule has 7 aromatic carbocycles. The topological polar surface area (TPSA) is 77.3 Å². The minimum absolute atomic E-state index is 0.644. The lowest BCUT2D eigenvalue weighted by Crippen LogP contribution is -1.97. The Labute approximate surface area is 383 Å². The van der Waals surface area contributed by atoms with Crippen molar-refractivity contribution < 1.29 is 0 Å². The van der Waals surface area contributed by atoms with Gasteiger partial charge in [-0.3, -0.25) is 9.97 Å². The van der Waals surface area contributed by atoms with Crippen molar-refractivity contribution in [1.82, 2.24) is 29.9 Å². The third-order valence-electron chi connectivity index (χ3n) is 11.6. The van der Waals surface area contributed by atoms with Crippen molar-refractivity contribution in [2.75, 3.05) is 0 Å². The summed E-state index contributed by atoms with van der Waals surface area (Å²) in [5.74, 6) is 1.33. The van der Waals surface area contributed by atoms with E-state index in [2.05, 4.69) is 145 Å². The molecule has 0 fully saturated rings. The highest BCUT2D eigenvalue weighted by Gasteiger charge is 2.17. The van der Waals surface area contributed by atoms with Gasteiger partial charge in [0.2, 0.25) is 0 Å². The third kappa shape index (κ3) is 8.42. The molecule has 0 unspecified atom stereocenters. The van der Waals surface area contributed by atoms with Crippen LogP contribution in [0.1, 0.15) is 0 Å². The maximum Gasteiger partial charge on any atom is 0.161 e. The molecule has 0 aliphatic rings. The van der Waals surface area contributed by atoms with Crippen molar-refractivity contribution in [3.63, 3.8) is 0 Å². The van der Waals surface area contributed by atoms with Gasteiger partial charge >= 0.3 is 0 Å². The van der Waals surface area contributed by atoms with Crippen LogP contribution in [0, 0.1) is 0 Å². The number of hydrogen-bond acceptors (Lipinski definition) is 6. The minimum Gasteiger partial charge on any atom is -0.264 e. The van der Waals surface area contributed by atoms with Gasteiger partial charge in [-0.25, -0.2) is 19.9 Å². The van der Waals surface area contributed by atoms with Crippen LogP contribution in [0.25, 0.3) is 112 Å². The van der Waals surface area contributed by atoms with Crippen LogP contribution in [0.2, 0.25) is 0 Å². The lowest BCUT2D eigenvalue weighted by atomic mass is 9.92. The van der Waals surface area contributed by atoms with E-state index in [9.17, 15) is 0 Å². The van der Waals surface area contributed by atoms with E-state index in [1.54, 1.807) is 6.20 Å². The van der Waals surface area contributed by atoms with Gasteiger partial charge in [-0.1, -0.05) is 164 Å². The molecule has 11 aromatic rings. The molecule has 0 amide bonds. The van der Waals surface area contributed by atoms with Gasteiger partial charge in [-0.15, -0.1) is 0 Å². The standard InChI is InChI=1S/C60H40N6/c1-4-17-41(18-5-1)55-38-57(64-59(63-55)43-21-8-3-9-22-43)46-25-14-23-44(33-46)49-35-50(37-51(36-49)54-30-12-13-32-62-54)45-24-15-26-47(34-45)58-39-56(42-19-6-2-7-20-42)65-60(66-58)53-29-11-10-28-52(53)48-27-16-31-61-40-48/h1-40H. The lowest BCUT2D eigenvalue weighted by molar-refractivity contribution is 1.18. The number of hydrogen-bond donors (Lipinski definition) is 0. The Balaban J connectivity index is 1.03. The Morgan fingerprint density at radius 2 is 0.667 bits per heavy atom. The molecule has 310 valence electrons. The fourth-order valence-electron chi connectivity index (χ4n) is 8.35. The Kier molecular flexibility index (Phi) is 10.9. The molecule has 66 heavy (non-hydrogen) atoms. The molecule has 0 spiro atoms. The van der Waals surface area contributed by atoms with Gasteiger partial charge in [0.1, 0.15) is 0 Å². The average molecular weight is 845 g/mol. The zero-order chi connectivity index (χ0) is 44.1. The zero-order valence-electron chi connectivity index (χ0n) is 35.8. The van der Waals surface area contributed by atoms with Crippen LogP contribution in [0.4, 0.5) is 0 Å². The molecule has 0 N–H and O–H groups in total. The summed E-state index contributed by atoms with van der Waals surface area (Å²) < 4.78 is 0. The minimum atomic E-state index is 0.644. The summed E-state index contributed by atoms with van der Waals surface area (Å²) in [6, 6.07) is 77.2. The van der Waals surface area contributed by atoms with E-state index in [1.807, 2.05) is 97.3 Å². The Morgan fingerprint density at radius 1 is 0.227 bits per heavy atom. The molecular formula is C60H40N6. The number of rotatable bonds is 10. The second kappa shape index (κ2) is 18.0. The van der Waals surface area contributed by atoms with Crippen molar-refractivity contribution in [1.29, 1.82) is 0 Å². The normalized spacial score (nSPS) is 11.0.